The summed E-state index contributed by atoms with van der Waals surface area (Å²) in [5.41, 5.74) is 0.846. The van der Waals surface area contributed by atoms with Gasteiger partial charge in [0.05, 0.1) is 6.61 Å². The van der Waals surface area contributed by atoms with Crippen LogP contribution in [-0.2, 0) is 10.0 Å². The van der Waals surface area contributed by atoms with E-state index < -0.39 is 10.0 Å². The molecule has 0 saturated carbocycles. The molecule has 6 heteroatoms. The molecule has 1 aromatic rings. The summed E-state index contributed by atoms with van der Waals surface area (Å²) in [6, 6.07) is 5.04. The van der Waals surface area contributed by atoms with E-state index >= 15 is 0 Å². The van der Waals surface area contributed by atoms with Gasteiger partial charge in [0.15, 0.2) is 0 Å². The number of ether oxygens (including phenoxy) is 1. The minimum Gasteiger partial charge on any atom is -0.492 e. The van der Waals surface area contributed by atoms with Gasteiger partial charge in [0.1, 0.15) is 10.6 Å². The maximum atomic E-state index is 11.5. The van der Waals surface area contributed by atoms with E-state index in [1.165, 1.54) is 12.8 Å². The Bertz CT molecular complexity index is 552. The molecule has 1 saturated heterocycles. The molecule has 0 unspecified atom stereocenters. The van der Waals surface area contributed by atoms with E-state index in [0.29, 0.717) is 12.4 Å². The summed E-state index contributed by atoms with van der Waals surface area (Å²) in [7, 11) is -3.74. The van der Waals surface area contributed by atoms with Crippen LogP contribution in [0.1, 0.15) is 24.8 Å². The summed E-state index contributed by atoms with van der Waals surface area (Å²) in [4.78, 5) is 2.47. The van der Waals surface area contributed by atoms with Gasteiger partial charge < -0.3 is 9.64 Å². The van der Waals surface area contributed by atoms with E-state index in [9.17, 15) is 8.42 Å². The minimum atomic E-state index is -3.74. The smallest absolute Gasteiger partial charge is 0.241 e. The first-order chi connectivity index (χ1) is 9.47. The van der Waals surface area contributed by atoms with E-state index in [2.05, 4.69) is 4.90 Å². The van der Waals surface area contributed by atoms with Crippen molar-refractivity contribution in [1.82, 2.24) is 4.90 Å². The number of primary sulfonamides is 1. The number of likely N-dealkylation sites (tertiary alicyclic amines) is 1. The minimum absolute atomic E-state index is 0.0682. The van der Waals surface area contributed by atoms with Crippen molar-refractivity contribution in [3.63, 3.8) is 0 Å². The number of sulfonamides is 1. The van der Waals surface area contributed by atoms with Crippen LogP contribution in [0.2, 0.25) is 0 Å². The van der Waals surface area contributed by atoms with E-state index in [4.69, 9.17) is 9.88 Å². The van der Waals surface area contributed by atoms with Crippen molar-refractivity contribution in [2.24, 2.45) is 5.14 Å². The van der Waals surface area contributed by atoms with Crippen LogP contribution < -0.4 is 9.88 Å². The van der Waals surface area contributed by atoms with Crippen molar-refractivity contribution in [2.45, 2.75) is 31.1 Å². The van der Waals surface area contributed by atoms with Crippen molar-refractivity contribution >= 4 is 10.0 Å². The average Bonchev–Trinajstić information content (AvgIpc) is 2.88. The second-order valence-corrected chi connectivity index (χ2v) is 6.78. The predicted molar refractivity (Wildman–Crippen MR) is 78.3 cm³/mol. The Hall–Kier alpha value is -1.11. The lowest BCUT2D eigenvalue weighted by Crippen LogP contribution is -2.22. The molecule has 1 aromatic carbocycles. The van der Waals surface area contributed by atoms with Gasteiger partial charge in [0.2, 0.25) is 10.0 Å². The lowest BCUT2D eigenvalue weighted by molar-refractivity contribution is 0.259. The molecule has 0 aromatic heterocycles. The molecule has 1 aliphatic rings. The third-order valence-electron chi connectivity index (χ3n) is 3.48. The standard InChI is InChI=1S/C14H22N2O3S/c1-12-5-6-13(14(11-12)20(15,17)18)19-10-4-9-16-7-2-3-8-16/h5-6,11H,2-4,7-10H2,1H3,(H2,15,17,18). The van der Waals surface area contributed by atoms with Crippen LogP contribution in [-0.4, -0.2) is 39.6 Å². The van der Waals surface area contributed by atoms with Crippen LogP contribution in [0.4, 0.5) is 0 Å². The monoisotopic (exact) mass is 298 g/mol. The van der Waals surface area contributed by atoms with Crippen LogP contribution in [0, 0.1) is 6.92 Å². The third-order valence-corrected chi connectivity index (χ3v) is 4.41. The van der Waals surface area contributed by atoms with E-state index in [-0.39, 0.29) is 4.90 Å². The van der Waals surface area contributed by atoms with Gasteiger partial charge >= 0.3 is 0 Å². The van der Waals surface area contributed by atoms with Crippen molar-refractivity contribution < 1.29 is 13.2 Å². The number of rotatable bonds is 6. The molecule has 20 heavy (non-hydrogen) atoms. The normalized spacial score (nSPS) is 16.5. The number of aryl methyl sites for hydroxylation is 1. The topological polar surface area (TPSA) is 72.6 Å². The summed E-state index contributed by atoms with van der Waals surface area (Å²) >= 11 is 0. The molecule has 2 N–H and O–H groups in total. The van der Waals surface area contributed by atoms with E-state index in [0.717, 1.165) is 31.6 Å². The van der Waals surface area contributed by atoms with Crippen LogP contribution in [0.15, 0.2) is 23.1 Å². The van der Waals surface area contributed by atoms with Gasteiger partial charge in [-0.3, -0.25) is 0 Å². The zero-order valence-electron chi connectivity index (χ0n) is 11.8. The Labute approximate surface area is 120 Å². The number of nitrogens with zero attached hydrogens (tertiary/aromatic N) is 1. The van der Waals surface area contributed by atoms with Crippen LogP contribution in [0.25, 0.3) is 0 Å². The van der Waals surface area contributed by atoms with Crippen molar-refractivity contribution in [3.8, 4) is 5.75 Å². The number of nitrogens with two attached hydrogens (primary N) is 1. The van der Waals surface area contributed by atoms with Gasteiger partial charge in [-0.15, -0.1) is 0 Å². The molecule has 0 amide bonds. The summed E-state index contributed by atoms with van der Waals surface area (Å²) in [5, 5.41) is 5.21. The van der Waals surface area contributed by atoms with Crippen LogP contribution in [0.3, 0.4) is 0 Å². The molecule has 0 radical (unpaired) electrons. The molecule has 5 nitrogen and oxygen atoms in total. The Morgan fingerprint density at radius 1 is 1.30 bits per heavy atom. The number of benzene rings is 1. The highest BCUT2D eigenvalue weighted by Crippen LogP contribution is 2.24. The second-order valence-electron chi connectivity index (χ2n) is 5.25. The lowest BCUT2D eigenvalue weighted by atomic mass is 10.2. The summed E-state index contributed by atoms with van der Waals surface area (Å²) < 4.78 is 28.7. The molecule has 2 rings (SSSR count). The largest absolute Gasteiger partial charge is 0.492 e. The lowest BCUT2D eigenvalue weighted by Gasteiger charge is -2.15. The van der Waals surface area contributed by atoms with Gasteiger partial charge in [-0.1, -0.05) is 6.07 Å². The Kier molecular flexibility index (Phi) is 5.01. The van der Waals surface area contributed by atoms with Crippen molar-refractivity contribution in [3.05, 3.63) is 23.8 Å². The first kappa shape index (κ1) is 15.3. The molecule has 112 valence electrons. The molecule has 0 aliphatic carbocycles. The zero-order valence-corrected chi connectivity index (χ0v) is 12.7. The summed E-state index contributed by atoms with van der Waals surface area (Å²) in [5.74, 6) is 0.347. The van der Waals surface area contributed by atoms with Gasteiger partial charge in [0.25, 0.3) is 0 Å². The highest BCUT2D eigenvalue weighted by atomic mass is 32.2. The third kappa shape index (κ3) is 4.19. The molecule has 1 fully saturated rings. The zero-order chi connectivity index (χ0) is 14.6. The second kappa shape index (κ2) is 6.56. The van der Waals surface area contributed by atoms with Crippen LogP contribution in [0.5, 0.6) is 5.75 Å². The predicted octanol–water partition coefficient (Wildman–Crippen LogP) is 1.51. The molecular formula is C14H22N2O3S. The molecule has 0 bridgehead atoms. The molecule has 1 aliphatic heterocycles. The summed E-state index contributed by atoms with van der Waals surface area (Å²) in [6.07, 6.45) is 3.43. The van der Waals surface area contributed by atoms with E-state index in [1.807, 2.05) is 13.0 Å². The van der Waals surface area contributed by atoms with E-state index in [1.54, 1.807) is 12.1 Å². The Morgan fingerprint density at radius 2 is 2.00 bits per heavy atom. The quantitative estimate of drug-likeness (QED) is 0.808. The average molecular weight is 298 g/mol. The molecule has 0 atom stereocenters. The first-order valence-corrected chi connectivity index (χ1v) is 8.50. The Morgan fingerprint density at radius 3 is 2.65 bits per heavy atom. The highest BCUT2D eigenvalue weighted by Gasteiger charge is 2.16. The highest BCUT2D eigenvalue weighted by molar-refractivity contribution is 7.89. The number of hydrogen-bond acceptors (Lipinski definition) is 4. The van der Waals surface area contributed by atoms with Gasteiger partial charge in [-0.05, 0) is 57.0 Å². The van der Waals surface area contributed by atoms with Gasteiger partial charge in [-0.25, -0.2) is 13.6 Å². The number of hydrogen-bond donors (Lipinski definition) is 1. The van der Waals surface area contributed by atoms with Crippen molar-refractivity contribution in [1.29, 1.82) is 0 Å². The van der Waals surface area contributed by atoms with Crippen molar-refractivity contribution in [2.75, 3.05) is 26.2 Å². The van der Waals surface area contributed by atoms with Gasteiger partial charge in [-0.2, -0.15) is 0 Å². The summed E-state index contributed by atoms with van der Waals surface area (Å²) in [6.45, 7) is 5.64. The first-order valence-electron chi connectivity index (χ1n) is 6.95. The fourth-order valence-corrected chi connectivity index (χ4v) is 3.19. The SMILES string of the molecule is Cc1ccc(OCCCN2CCCC2)c(S(N)(=O)=O)c1. The van der Waals surface area contributed by atoms with Gasteiger partial charge in [0, 0.05) is 6.54 Å². The maximum absolute atomic E-state index is 11.5. The maximum Gasteiger partial charge on any atom is 0.241 e. The van der Waals surface area contributed by atoms with Crippen LogP contribution >= 0.6 is 0 Å². The molecular weight excluding hydrogens is 276 g/mol. The molecule has 0 spiro atoms. The Balaban J connectivity index is 1.92. The molecule has 1 heterocycles. The fourth-order valence-electron chi connectivity index (χ4n) is 2.43. The fraction of sp³-hybridized carbons (Fsp3) is 0.571.